The third-order valence-corrected chi connectivity index (χ3v) is 5.98. The average molecular weight is 414 g/mol. The number of carbonyl (C=O) groups is 1. The largest absolute Gasteiger partial charge is 0.305 e. The van der Waals surface area contributed by atoms with Gasteiger partial charge in [0.15, 0.2) is 5.82 Å². The Morgan fingerprint density at radius 1 is 0.871 bits per heavy atom. The molecule has 1 heterocycles. The van der Waals surface area contributed by atoms with E-state index in [4.69, 9.17) is 9.97 Å². The Morgan fingerprint density at radius 2 is 1.61 bits per heavy atom. The van der Waals surface area contributed by atoms with Gasteiger partial charge < -0.3 is 5.32 Å². The van der Waals surface area contributed by atoms with Crippen molar-refractivity contribution in [2.45, 2.75) is 64.7 Å². The van der Waals surface area contributed by atoms with Crippen LogP contribution in [0.2, 0.25) is 0 Å². The number of nitrogens with one attached hydrogen (secondary N) is 1. The zero-order valence-electron chi connectivity index (χ0n) is 18.4. The summed E-state index contributed by atoms with van der Waals surface area (Å²) in [6.45, 7) is 2.24. The van der Waals surface area contributed by atoms with Gasteiger partial charge in [-0.05, 0) is 43.4 Å². The van der Waals surface area contributed by atoms with Gasteiger partial charge in [-0.15, -0.1) is 0 Å². The highest BCUT2D eigenvalue weighted by atomic mass is 16.1. The van der Waals surface area contributed by atoms with Crippen LogP contribution in [0.3, 0.4) is 0 Å². The van der Waals surface area contributed by atoms with Crippen molar-refractivity contribution in [1.29, 1.82) is 0 Å². The Kier molecular flexibility index (Phi) is 7.08. The van der Waals surface area contributed by atoms with E-state index in [0.29, 0.717) is 11.4 Å². The van der Waals surface area contributed by atoms with Crippen molar-refractivity contribution in [3.8, 4) is 11.3 Å². The minimum Gasteiger partial charge on any atom is -0.305 e. The number of nitrogens with zero attached hydrogens (tertiary/aromatic N) is 2. The second-order valence-electron chi connectivity index (χ2n) is 8.31. The van der Waals surface area contributed by atoms with E-state index in [1.54, 1.807) is 0 Å². The molecule has 0 fully saturated rings. The van der Waals surface area contributed by atoms with Crippen LogP contribution in [-0.4, -0.2) is 15.9 Å². The van der Waals surface area contributed by atoms with E-state index in [9.17, 15) is 4.79 Å². The van der Waals surface area contributed by atoms with Gasteiger partial charge >= 0.3 is 0 Å². The summed E-state index contributed by atoms with van der Waals surface area (Å²) in [5.41, 5.74) is 6.01. The van der Waals surface area contributed by atoms with Crippen molar-refractivity contribution in [3.63, 3.8) is 0 Å². The van der Waals surface area contributed by atoms with E-state index in [-0.39, 0.29) is 5.91 Å². The Morgan fingerprint density at radius 3 is 2.45 bits per heavy atom. The Balaban J connectivity index is 1.59. The summed E-state index contributed by atoms with van der Waals surface area (Å²) in [6.07, 6.45) is 9.98. The molecule has 3 aromatic rings. The van der Waals surface area contributed by atoms with Gasteiger partial charge in [-0.25, -0.2) is 9.97 Å². The lowest BCUT2D eigenvalue weighted by molar-refractivity contribution is 0.102. The lowest BCUT2D eigenvalue weighted by Gasteiger charge is -2.21. The van der Waals surface area contributed by atoms with Crippen LogP contribution in [0, 0.1) is 0 Å². The van der Waals surface area contributed by atoms with E-state index < -0.39 is 0 Å². The zero-order chi connectivity index (χ0) is 21.5. The minimum absolute atomic E-state index is 0.129. The van der Waals surface area contributed by atoms with E-state index in [1.165, 1.54) is 43.2 Å². The van der Waals surface area contributed by atoms with Crippen LogP contribution in [-0.2, 0) is 19.3 Å². The van der Waals surface area contributed by atoms with Gasteiger partial charge in [-0.2, -0.15) is 0 Å². The molecule has 1 amide bonds. The number of hydrogen-bond acceptors (Lipinski definition) is 3. The molecule has 1 aliphatic carbocycles. The third kappa shape index (κ3) is 5.19. The van der Waals surface area contributed by atoms with Gasteiger partial charge in [0.1, 0.15) is 0 Å². The van der Waals surface area contributed by atoms with E-state index in [2.05, 4.69) is 36.5 Å². The van der Waals surface area contributed by atoms with Crippen LogP contribution in [0.15, 0.2) is 54.6 Å². The molecule has 2 aromatic carbocycles. The summed E-state index contributed by atoms with van der Waals surface area (Å²) in [5.74, 6) is 0.496. The topological polar surface area (TPSA) is 54.9 Å². The highest BCUT2D eigenvalue weighted by Crippen LogP contribution is 2.33. The molecule has 0 unspecified atom stereocenters. The number of aryl methyl sites for hydroxylation is 3. The molecular formula is C27H31N3O. The zero-order valence-corrected chi connectivity index (χ0v) is 18.4. The normalized spacial score (nSPS) is 12.2. The highest BCUT2D eigenvalue weighted by molar-refractivity contribution is 6.04. The maximum atomic E-state index is 12.8. The van der Waals surface area contributed by atoms with E-state index in [0.717, 1.165) is 42.8 Å². The number of benzene rings is 2. The molecule has 1 aliphatic rings. The molecule has 1 N–H and O–H groups in total. The predicted molar refractivity (Wildman–Crippen MR) is 126 cm³/mol. The molecule has 0 saturated heterocycles. The molecular weight excluding hydrogens is 382 g/mol. The Labute approximate surface area is 185 Å². The third-order valence-electron chi connectivity index (χ3n) is 5.98. The smallest absolute Gasteiger partial charge is 0.256 e. The van der Waals surface area contributed by atoms with Crippen molar-refractivity contribution in [3.05, 3.63) is 77.1 Å². The fraction of sp³-hybridized carbons (Fsp3) is 0.370. The number of fused-ring (bicyclic) bond motifs is 3. The van der Waals surface area contributed by atoms with Crippen molar-refractivity contribution >= 4 is 11.7 Å². The molecule has 0 radical (unpaired) electrons. The van der Waals surface area contributed by atoms with Crippen LogP contribution in [0.25, 0.3) is 11.3 Å². The molecule has 1 aromatic heterocycles. The molecule has 4 nitrogen and oxygen atoms in total. The highest BCUT2D eigenvalue weighted by Gasteiger charge is 2.22. The fourth-order valence-electron chi connectivity index (χ4n) is 4.23. The number of unbranched alkanes of at least 4 members (excludes halogenated alkanes) is 5. The summed E-state index contributed by atoms with van der Waals surface area (Å²) in [5, 5.41) is 3.05. The van der Waals surface area contributed by atoms with Crippen LogP contribution >= 0.6 is 0 Å². The summed E-state index contributed by atoms with van der Waals surface area (Å²) in [7, 11) is 0. The molecule has 0 aliphatic heterocycles. The molecule has 0 spiro atoms. The maximum Gasteiger partial charge on any atom is 0.256 e. The van der Waals surface area contributed by atoms with Crippen LogP contribution in [0.4, 0.5) is 5.82 Å². The number of rotatable bonds is 9. The van der Waals surface area contributed by atoms with E-state index >= 15 is 0 Å². The predicted octanol–water partition coefficient (Wildman–Crippen LogP) is 6.40. The average Bonchev–Trinajstić information content (AvgIpc) is 2.82. The van der Waals surface area contributed by atoms with Gasteiger partial charge in [0.05, 0.1) is 17.1 Å². The summed E-state index contributed by atoms with van der Waals surface area (Å²) in [4.78, 5) is 22.8. The van der Waals surface area contributed by atoms with Gasteiger partial charge in [0.2, 0.25) is 0 Å². The van der Waals surface area contributed by atoms with Gasteiger partial charge in [-0.3, -0.25) is 4.79 Å². The van der Waals surface area contributed by atoms with Gasteiger partial charge in [0, 0.05) is 11.1 Å². The monoisotopic (exact) mass is 413 g/mol. The van der Waals surface area contributed by atoms with Crippen LogP contribution in [0.1, 0.15) is 72.8 Å². The quantitative estimate of drug-likeness (QED) is 0.413. The van der Waals surface area contributed by atoms with Crippen molar-refractivity contribution < 1.29 is 4.79 Å². The van der Waals surface area contributed by atoms with Crippen LogP contribution in [0.5, 0.6) is 0 Å². The van der Waals surface area contributed by atoms with Crippen molar-refractivity contribution in [2.75, 3.05) is 5.32 Å². The number of carbonyl (C=O) groups excluding carboxylic acids is 1. The number of aromatic nitrogens is 2. The second kappa shape index (κ2) is 10.3. The lowest BCUT2D eigenvalue weighted by Crippen LogP contribution is -2.18. The first-order chi connectivity index (χ1) is 15.3. The van der Waals surface area contributed by atoms with Gasteiger partial charge in [-0.1, -0.05) is 81.5 Å². The molecule has 0 atom stereocenters. The lowest BCUT2D eigenvalue weighted by atomic mass is 9.91. The maximum absolute atomic E-state index is 12.8. The molecule has 0 saturated carbocycles. The first-order valence-corrected chi connectivity index (χ1v) is 11.6. The van der Waals surface area contributed by atoms with Crippen LogP contribution < -0.4 is 5.32 Å². The summed E-state index contributed by atoms with van der Waals surface area (Å²) in [6, 6.07) is 17.8. The van der Waals surface area contributed by atoms with Crippen molar-refractivity contribution in [2.24, 2.45) is 0 Å². The minimum atomic E-state index is -0.129. The molecule has 160 valence electrons. The fourth-order valence-corrected chi connectivity index (χ4v) is 4.23. The number of hydrogen-bond donors (Lipinski definition) is 1. The second-order valence-corrected chi connectivity index (χ2v) is 8.31. The van der Waals surface area contributed by atoms with E-state index in [1.807, 2.05) is 30.3 Å². The molecule has 4 heteroatoms. The summed E-state index contributed by atoms with van der Waals surface area (Å²) >= 11 is 0. The Hall–Kier alpha value is -3.01. The standard InChI is InChI=1S/C27H31N3O/c1-2-3-4-5-6-10-17-24-26(30-27(31)21-14-8-7-9-15-21)29-23-19-18-20-13-11-12-16-22(20)25(23)28-24/h7-9,11-16H,2-6,10,17-19H2,1H3,(H,29,30,31). The van der Waals surface area contributed by atoms with Crippen molar-refractivity contribution in [1.82, 2.24) is 9.97 Å². The molecule has 4 rings (SSSR count). The first-order valence-electron chi connectivity index (χ1n) is 11.6. The SMILES string of the molecule is CCCCCCCCc1nc2c(nc1NC(=O)c1ccccc1)CCc1ccccc1-2. The Bertz CT molecular complexity index is 1030. The molecule has 0 bridgehead atoms. The van der Waals surface area contributed by atoms with Gasteiger partial charge in [0.25, 0.3) is 5.91 Å². The first kappa shape index (κ1) is 21.2. The number of amides is 1. The molecule has 31 heavy (non-hydrogen) atoms. The number of anilines is 1. The summed E-state index contributed by atoms with van der Waals surface area (Å²) < 4.78 is 0.